The molecular formula is C11H17NOS2. The highest BCUT2D eigenvalue weighted by molar-refractivity contribution is 7.99. The lowest BCUT2D eigenvalue weighted by Crippen LogP contribution is -2.32. The Labute approximate surface area is 99.4 Å². The zero-order valence-corrected chi connectivity index (χ0v) is 10.6. The molecular weight excluding hydrogens is 226 g/mol. The quantitative estimate of drug-likeness (QED) is 0.878. The van der Waals surface area contributed by atoms with Gasteiger partial charge in [0.05, 0.1) is 7.11 Å². The van der Waals surface area contributed by atoms with Gasteiger partial charge in [0, 0.05) is 23.2 Å². The molecule has 2 rings (SSSR count). The van der Waals surface area contributed by atoms with Crippen LogP contribution in [0, 0.1) is 0 Å². The molecule has 1 aromatic heterocycles. The molecule has 0 radical (unpaired) electrons. The number of hydrogen-bond acceptors (Lipinski definition) is 4. The molecule has 15 heavy (non-hydrogen) atoms. The molecule has 2 heterocycles. The fourth-order valence-corrected chi connectivity index (χ4v) is 3.59. The van der Waals surface area contributed by atoms with Gasteiger partial charge < -0.3 is 10.1 Å². The molecule has 2 nitrogen and oxygen atoms in total. The van der Waals surface area contributed by atoms with Crippen LogP contribution in [0.1, 0.15) is 17.7 Å². The van der Waals surface area contributed by atoms with Crippen LogP contribution in [0.4, 0.5) is 0 Å². The average Bonchev–Trinajstić information content (AvgIpc) is 2.76. The summed E-state index contributed by atoms with van der Waals surface area (Å²) in [4.78, 5) is 1.36. The van der Waals surface area contributed by atoms with Gasteiger partial charge in [-0.05, 0) is 30.7 Å². The SMILES string of the molecule is COc1ccc(CNC2CCCSC2)s1. The highest BCUT2D eigenvalue weighted by Crippen LogP contribution is 2.24. The highest BCUT2D eigenvalue weighted by Gasteiger charge is 2.13. The number of nitrogens with one attached hydrogen (secondary N) is 1. The van der Waals surface area contributed by atoms with Crippen LogP contribution in [-0.4, -0.2) is 24.7 Å². The van der Waals surface area contributed by atoms with E-state index in [4.69, 9.17) is 4.74 Å². The van der Waals surface area contributed by atoms with Crippen molar-refractivity contribution in [2.24, 2.45) is 0 Å². The van der Waals surface area contributed by atoms with Crippen molar-refractivity contribution in [2.45, 2.75) is 25.4 Å². The third kappa shape index (κ3) is 3.40. The average molecular weight is 243 g/mol. The van der Waals surface area contributed by atoms with Crippen LogP contribution in [0.3, 0.4) is 0 Å². The first kappa shape index (κ1) is 11.3. The van der Waals surface area contributed by atoms with Crippen molar-refractivity contribution >= 4 is 23.1 Å². The molecule has 0 aromatic carbocycles. The van der Waals surface area contributed by atoms with Gasteiger partial charge in [-0.25, -0.2) is 0 Å². The van der Waals surface area contributed by atoms with E-state index >= 15 is 0 Å². The van der Waals surface area contributed by atoms with Gasteiger partial charge in [-0.2, -0.15) is 11.8 Å². The van der Waals surface area contributed by atoms with Crippen LogP contribution >= 0.6 is 23.1 Å². The van der Waals surface area contributed by atoms with E-state index in [2.05, 4.69) is 23.1 Å². The van der Waals surface area contributed by atoms with E-state index in [1.165, 1.54) is 29.2 Å². The number of thiophene rings is 1. The summed E-state index contributed by atoms with van der Waals surface area (Å²) in [5, 5.41) is 4.61. The minimum atomic E-state index is 0.705. The topological polar surface area (TPSA) is 21.3 Å². The predicted octanol–water partition coefficient (Wildman–Crippen LogP) is 2.74. The summed E-state index contributed by atoms with van der Waals surface area (Å²) in [5.41, 5.74) is 0. The van der Waals surface area contributed by atoms with Gasteiger partial charge in [-0.15, -0.1) is 11.3 Å². The van der Waals surface area contributed by atoms with E-state index in [9.17, 15) is 0 Å². The van der Waals surface area contributed by atoms with Crippen LogP contribution in [0.2, 0.25) is 0 Å². The van der Waals surface area contributed by atoms with Gasteiger partial charge in [0.15, 0.2) is 5.06 Å². The van der Waals surface area contributed by atoms with E-state index < -0.39 is 0 Å². The first-order valence-corrected chi connectivity index (χ1v) is 7.29. The molecule has 84 valence electrons. The standard InChI is InChI=1S/C11H17NOS2/c1-13-11-5-4-10(15-11)7-12-9-3-2-6-14-8-9/h4-5,9,12H,2-3,6-8H2,1H3. The van der Waals surface area contributed by atoms with E-state index in [1.807, 2.05) is 6.07 Å². The maximum Gasteiger partial charge on any atom is 0.173 e. The zero-order chi connectivity index (χ0) is 10.5. The van der Waals surface area contributed by atoms with Crippen molar-refractivity contribution in [2.75, 3.05) is 18.6 Å². The normalized spacial score (nSPS) is 21.5. The lowest BCUT2D eigenvalue weighted by molar-refractivity contribution is 0.427. The molecule has 1 aliphatic heterocycles. The molecule has 1 unspecified atom stereocenters. The molecule has 0 aliphatic carbocycles. The van der Waals surface area contributed by atoms with Crippen molar-refractivity contribution < 1.29 is 4.74 Å². The summed E-state index contributed by atoms with van der Waals surface area (Å²) in [7, 11) is 1.72. The molecule has 1 saturated heterocycles. The van der Waals surface area contributed by atoms with Crippen LogP contribution in [0.15, 0.2) is 12.1 Å². The molecule has 0 bridgehead atoms. The minimum absolute atomic E-state index is 0.705. The second-order valence-corrected chi connectivity index (χ2v) is 6.00. The number of rotatable bonds is 4. The maximum atomic E-state index is 5.17. The maximum absolute atomic E-state index is 5.17. The highest BCUT2D eigenvalue weighted by atomic mass is 32.2. The van der Waals surface area contributed by atoms with Crippen molar-refractivity contribution in [3.63, 3.8) is 0 Å². The van der Waals surface area contributed by atoms with Gasteiger partial charge in [-0.1, -0.05) is 0 Å². The molecule has 1 N–H and O–H groups in total. The van der Waals surface area contributed by atoms with Gasteiger partial charge in [0.1, 0.15) is 0 Å². The second kappa shape index (κ2) is 5.77. The van der Waals surface area contributed by atoms with Crippen LogP contribution in [0.5, 0.6) is 5.06 Å². The number of methoxy groups -OCH3 is 1. The van der Waals surface area contributed by atoms with Crippen molar-refractivity contribution in [1.82, 2.24) is 5.32 Å². The van der Waals surface area contributed by atoms with Gasteiger partial charge in [0.2, 0.25) is 0 Å². The fourth-order valence-electron chi connectivity index (χ4n) is 1.71. The van der Waals surface area contributed by atoms with E-state index in [0.717, 1.165) is 11.6 Å². The Hall–Kier alpha value is -0.190. The molecule has 1 fully saturated rings. The third-order valence-corrected chi connectivity index (χ3v) is 4.83. The van der Waals surface area contributed by atoms with Crippen LogP contribution in [0.25, 0.3) is 0 Å². The zero-order valence-electron chi connectivity index (χ0n) is 8.99. The Balaban J connectivity index is 1.76. The van der Waals surface area contributed by atoms with E-state index in [1.54, 1.807) is 18.4 Å². The van der Waals surface area contributed by atoms with Crippen LogP contribution < -0.4 is 10.1 Å². The van der Waals surface area contributed by atoms with Gasteiger partial charge >= 0.3 is 0 Å². The van der Waals surface area contributed by atoms with Gasteiger partial charge in [0.25, 0.3) is 0 Å². The third-order valence-electron chi connectivity index (χ3n) is 2.56. The monoisotopic (exact) mass is 243 g/mol. The summed E-state index contributed by atoms with van der Waals surface area (Å²) in [6.07, 6.45) is 2.69. The lowest BCUT2D eigenvalue weighted by atomic mass is 10.2. The smallest absolute Gasteiger partial charge is 0.173 e. The van der Waals surface area contributed by atoms with Crippen molar-refractivity contribution in [3.05, 3.63) is 17.0 Å². The molecule has 0 saturated carbocycles. The Kier molecular flexibility index (Phi) is 4.35. The lowest BCUT2D eigenvalue weighted by Gasteiger charge is -2.22. The molecule has 4 heteroatoms. The Morgan fingerprint density at radius 3 is 3.13 bits per heavy atom. The number of thioether (sulfide) groups is 1. The van der Waals surface area contributed by atoms with E-state index in [-0.39, 0.29) is 0 Å². The minimum Gasteiger partial charge on any atom is -0.487 e. The van der Waals surface area contributed by atoms with Crippen molar-refractivity contribution in [1.29, 1.82) is 0 Å². The summed E-state index contributed by atoms with van der Waals surface area (Å²) in [5.74, 6) is 2.60. The Bertz CT molecular complexity index is 295. The molecule has 1 aromatic rings. The Morgan fingerprint density at radius 2 is 2.47 bits per heavy atom. The van der Waals surface area contributed by atoms with Gasteiger partial charge in [-0.3, -0.25) is 0 Å². The first-order valence-electron chi connectivity index (χ1n) is 5.32. The summed E-state index contributed by atoms with van der Waals surface area (Å²) in [6, 6.07) is 4.89. The number of hydrogen-bond donors (Lipinski definition) is 1. The Morgan fingerprint density at radius 1 is 1.53 bits per heavy atom. The van der Waals surface area contributed by atoms with Crippen LogP contribution in [-0.2, 0) is 6.54 Å². The fraction of sp³-hybridized carbons (Fsp3) is 0.636. The summed E-state index contributed by atoms with van der Waals surface area (Å²) in [6.45, 7) is 0.985. The molecule has 1 aliphatic rings. The molecule has 1 atom stereocenters. The number of ether oxygens (including phenoxy) is 1. The first-order chi connectivity index (χ1) is 7.38. The predicted molar refractivity (Wildman–Crippen MR) is 68.1 cm³/mol. The second-order valence-electron chi connectivity index (χ2n) is 3.72. The summed E-state index contributed by atoms with van der Waals surface area (Å²) < 4.78 is 5.17. The molecule has 0 spiro atoms. The largest absolute Gasteiger partial charge is 0.487 e. The molecule has 0 amide bonds. The van der Waals surface area contributed by atoms with E-state index in [0.29, 0.717) is 6.04 Å². The van der Waals surface area contributed by atoms with Crippen molar-refractivity contribution in [3.8, 4) is 5.06 Å². The summed E-state index contributed by atoms with van der Waals surface area (Å²) >= 11 is 3.79.